The fourth-order valence-electron chi connectivity index (χ4n) is 4.14. The summed E-state index contributed by atoms with van der Waals surface area (Å²) in [5.74, 6) is 2.45. The van der Waals surface area contributed by atoms with Crippen LogP contribution in [-0.2, 0) is 12.0 Å². The zero-order valence-corrected chi connectivity index (χ0v) is 20.3. The molecule has 0 radical (unpaired) electrons. The Labute approximate surface area is 187 Å². The van der Waals surface area contributed by atoms with E-state index < -0.39 is 0 Å². The number of aromatic nitrogens is 1. The number of nitrogens with zero attached hydrogens (tertiary/aromatic N) is 3. The maximum Gasteiger partial charge on any atom is 0.213 e. The number of piperidine rings is 1. The maximum atomic E-state index is 5.85. The number of hydrogen-bond donors (Lipinski definition) is 2. The van der Waals surface area contributed by atoms with Crippen LogP contribution in [0.3, 0.4) is 0 Å². The van der Waals surface area contributed by atoms with E-state index in [0.29, 0.717) is 18.5 Å². The molecule has 0 atom stereocenters. The predicted octanol–water partition coefficient (Wildman–Crippen LogP) is 4.05. The molecule has 2 N–H and O–H groups in total. The van der Waals surface area contributed by atoms with E-state index in [2.05, 4.69) is 46.3 Å². The smallest absolute Gasteiger partial charge is 0.213 e. The zero-order chi connectivity index (χ0) is 19.3. The van der Waals surface area contributed by atoms with Crippen LogP contribution in [-0.4, -0.2) is 48.1 Å². The van der Waals surface area contributed by atoms with Crippen LogP contribution in [0.15, 0.2) is 15.6 Å². The van der Waals surface area contributed by atoms with Crippen molar-refractivity contribution in [3.63, 3.8) is 0 Å². The summed E-state index contributed by atoms with van der Waals surface area (Å²) in [5, 5.41) is 6.92. The van der Waals surface area contributed by atoms with Gasteiger partial charge < -0.3 is 20.0 Å². The molecule has 3 rings (SSSR count). The number of oxazole rings is 1. The van der Waals surface area contributed by atoms with E-state index in [1.807, 2.05) is 13.2 Å². The Kier molecular flexibility index (Phi) is 9.05. The molecule has 0 spiro atoms. The fourth-order valence-corrected chi connectivity index (χ4v) is 4.14. The topological polar surface area (TPSA) is 65.7 Å². The normalized spacial score (nSPS) is 20.6. The second-order valence-corrected chi connectivity index (χ2v) is 9.04. The predicted molar refractivity (Wildman–Crippen MR) is 125 cm³/mol. The molecule has 160 valence electrons. The van der Waals surface area contributed by atoms with Crippen molar-refractivity contribution in [1.82, 2.24) is 20.5 Å². The van der Waals surface area contributed by atoms with Gasteiger partial charge in [-0.05, 0) is 25.7 Å². The molecule has 2 aliphatic rings. The first-order valence-corrected chi connectivity index (χ1v) is 10.6. The van der Waals surface area contributed by atoms with Gasteiger partial charge in [-0.2, -0.15) is 0 Å². The summed E-state index contributed by atoms with van der Waals surface area (Å²) < 4.78 is 5.85. The molecule has 7 heteroatoms. The Morgan fingerprint density at radius 1 is 1.18 bits per heavy atom. The first-order chi connectivity index (χ1) is 13.0. The first kappa shape index (κ1) is 23.4. The second kappa shape index (κ2) is 10.8. The summed E-state index contributed by atoms with van der Waals surface area (Å²) in [4.78, 5) is 11.5. The number of aliphatic imine (C=N–C) groups is 1. The number of hydrogen-bond acceptors (Lipinski definition) is 4. The Balaban J connectivity index is 0.00000280. The Bertz CT molecular complexity index is 611. The van der Waals surface area contributed by atoms with Gasteiger partial charge in [0, 0.05) is 37.6 Å². The molecule has 2 fully saturated rings. The molecule has 1 aliphatic carbocycles. The van der Waals surface area contributed by atoms with Gasteiger partial charge in [0.1, 0.15) is 5.76 Å². The Hall–Kier alpha value is -0.830. The van der Waals surface area contributed by atoms with Crippen molar-refractivity contribution in [1.29, 1.82) is 0 Å². The average Bonchev–Trinajstić information content (AvgIpc) is 3.16. The van der Waals surface area contributed by atoms with Crippen LogP contribution < -0.4 is 10.6 Å². The zero-order valence-electron chi connectivity index (χ0n) is 18.0. The minimum atomic E-state index is -0.0164. The van der Waals surface area contributed by atoms with E-state index in [-0.39, 0.29) is 29.4 Å². The number of halogens is 1. The van der Waals surface area contributed by atoms with E-state index in [1.54, 1.807) is 0 Å². The molecule has 0 bridgehead atoms. The quantitative estimate of drug-likeness (QED) is 0.369. The summed E-state index contributed by atoms with van der Waals surface area (Å²) in [5.41, 5.74) is -0.0164. The molecule has 1 aliphatic heterocycles. The highest BCUT2D eigenvalue weighted by Gasteiger charge is 2.26. The summed E-state index contributed by atoms with van der Waals surface area (Å²) in [6, 6.07) is 1.32. The summed E-state index contributed by atoms with van der Waals surface area (Å²) in [6.07, 6.45) is 11.2. The van der Waals surface area contributed by atoms with Crippen molar-refractivity contribution >= 4 is 29.9 Å². The lowest BCUT2D eigenvalue weighted by atomic mass is 9.92. The van der Waals surface area contributed by atoms with Gasteiger partial charge in [-0.1, -0.05) is 40.0 Å². The van der Waals surface area contributed by atoms with Gasteiger partial charge in [0.25, 0.3) is 0 Å². The van der Waals surface area contributed by atoms with E-state index in [1.165, 1.54) is 58.0 Å². The lowest BCUT2D eigenvalue weighted by Gasteiger charge is -2.39. The third-order valence-electron chi connectivity index (χ3n) is 5.88. The molecule has 28 heavy (non-hydrogen) atoms. The minimum Gasteiger partial charge on any atom is -0.443 e. The lowest BCUT2D eigenvalue weighted by Crippen LogP contribution is -2.50. The van der Waals surface area contributed by atoms with E-state index >= 15 is 0 Å². The third kappa shape index (κ3) is 6.61. The molecule has 1 aromatic rings. The minimum absolute atomic E-state index is 0. The molecule has 0 amide bonds. The first-order valence-electron chi connectivity index (χ1n) is 10.6. The van der Waals surface area contributed by atoms with Gasteiger partial charge >= 0.3 is 0 Å². The summed E-state index contributed by atoms with van der Waals surface area (Å²) in [6.45, 7) is 9.35. The molecule has 0 unspecified atom stereocenters. The van der Waals surface area contributed by atoms with Crippen molar-refractivity contribution in [3.05, 3.63) is 17.8 Å². The van der Waals surface area contributed by atoms with Gasteiger partial charge in [-0.25, -0.2) is 4.98 Å². The van der Waals surface area contributed by atoms with Crippen molar-refractivity contribution in [3.8, 4) is 0 Å². The van der Waals surface area contributed by atoms with Crippen LogP contribution in [0.4, 0.5) is 0 Å². The molecule has 1 aromatic heterocycles. The van der Waals surface area contributed by atoms with Crippen molar-refractivity contribution < 1.29 is 4.42 Å². The van der Waals surface area contributed by atoms with Crippen LogP contribution >= 0.6 is 24.0 Å². The van der Waals surface area contributed by atoms with E-state index in [4.69, 9.17) is 4.42 Å². The molecule has 1 saturated carbocycles. The molecular weight excluding hydrogens is 465 g/mol. The fraction of sp³-hybridized carbons (Fsp3) is 0.810. The maximum absolute atomic E-state index is 5.85. The SMILES string of the molecule is CN=C(NCc1ncc(C(C)(C)C)o1)NC1CCN(C2CCCCC2)CC1.I. The largest absolute Gasteiger partial charge is 0.443 e. The third-order valence-corrected chi connectivity index (χ3v) is 5.88. The Morgan fingerprint density at radius 3 is 2.43 bits per heavy atom. The van der Waals surface area contributed by atoms with Gasteiger partial charge in [-0.15, -0.1) is 24.0 Å². The monoisotopic (exact) mass is 503 g/mol. The van der Waals surface area contributed by atoms with Crippen LogP contribution in [0.1, 0.15) is 77.4 Å². The van der Waals surface area contributed by atoms with Crippen LogP contribution in [0.25, 0.3) is 0 Å². The van der Waals surface area contributed by atoms with Crippen molar-refractivity contribution in [2.24, 2.45) is 4.99 Å². The molecule has 2 heterocycles. The number of nitrogens with one attached hydrogen (secondary N) is 2. The van der Waals surface area contributed by atoms with Crippen LogP contribution in [0.5, 0.6) is 0 Å². The van der Waals surface area contributed by atoms with Gasteiger partial charge in [0.05, 0.1) is 12.7 Å². The number of rotatable bonds is 4. The Morgan fingerprint density at radius 2 is 1.86 bits per heavy atom. The average molecular weight is 503 g/mol. The highest BCUT2D eigenvalue weighted by molar-refractivity contribution is 14.0. The summed E-state index contributed by atoms with van der Waals surface area (Å²) in [7, 11) is 1.82. The van der Waals surface area contributed by atoms with Gasteiger partial charge in [0.2, 0.25) is 5.89 Å². The molecule has 0 aromatic carbocycles. The van der Waals surface area contributed by atoms with Crippen molar-refractivity contribution in [2.75, 3.05) is 20.1 Å². The van der Waals surface area contributed by atoms with Crippen LogP contribution in [0.2, 0.25) is 0 Å². The second-order valence-electron chi connectivity index (χ2n) is 9.04. The highest BCUT2D eigenvalue weighted by atomic mass is 127. The van der Waals surface area contributed by atoms with Crippen molar-refractivity contribution in [2.45, 2.75) is 89.8 Å². The number of likely N-dealkylation sites (tertiary alicyclic amines) is 1. The summed E-state index contributed by atoms with van der Waals surface area (Å²) >= 11 is 0. The van der Waals surface area contributed by atoms with Gasteiger partial charge in [-0.3, -0.25) is 4.99 Å². The van der Waals surface area contributed by atoms with E-state index in [0.717, 1.165) is 17.8 Å². The standard InChI is InChI=1S/C21H37N5O.HI/c1-21(2,3)18-14-23-19(27-18)15-24-20(22-4)25-16-10-12-26(13-11-16)17-8-6-5-7-9-17;/h14,16-17H,5-13,15H2,1-4H3,(H2,22,24,25);1H. The highest BCUT2D eigenvalue weighted by Crippen LogP contribution is 2.25. The van der Waals surface area contributed by atoms with Gasteiger partial charge in [0.15, 0.2) is 5.96 Å². The molecule has 6 nitrogen and oxygen atoms in total. The molecule has 1 saturated heterocycles. The van der Waals surface area contributed by atoms with E-state index in [9.17, 15) is 0 Å². The van der Waals surface area contributed by atoms with Crippen LogP contribution in [0, 0.1) is 0 Å². The number of guanidine groups is 1. The molecular formula is C21H38IN5O. The lowest BCUT2D eigenvalue weighted by molar-refractivity contribution is 0.119.